The summed E-state index contributed by atoms with van der Waals surface area (Å²) in [6.07, 6.45) is 2.36. The van der Waals surface area contributed by atoms with Crippen LogP contribution in [0.1, 0.15) is 6.92 Å². The molecule has 0 N–H and O–H groups in total. The quantitative estimate of drug-likeness (QED) is 0.420. The molecule has 0 radical (unpaired) electrons. The number of alkyl halides is 2. The number of halogens is 2. The number of ether oxygens (including phenoxy) is 2. The smallest absolute Gasteiger partial charge is 0.307 e. The summed E-state index contributed by atoms with van der Waals surface area (Å²) in [5.41, 5.74) is -0.431. The molecular weight excluding hydrogens is 215 g/mol. The van der Waals surface area contributed by atoms with E-state index in [2.05, 4.69) is 22.6 Å². The minimum Gasteiger partial charge on any atom is -0.482 e. The van der Waals surface area contributed by atoms with Gasteiger partial charge < -0.3 is 9.47 Å². The normalized spacial score (nSPS) is 10.1. The van der Waals surface area contributed by atoms with E-state index in [-0.39, 0.29) is 11.8 Å². The Bertz CT molecular complexity index is 159. The SMILES string of the molecule is C=COC(C)=O.C=COC(Cl)CCl. The second kappa shape index (κ2) is 11.3. The molecule has 0 bridgehead atoms. The zero-order valence-electron chi connectivity index (χ0n) is 7.33. The molecule has 0 saturated carbocycles. The maximum atomic E-state index is 9.75. The van der Waals surface area contributed by atoms with Crippen molar-refractivity contribution in [1.29, 1.82) is 0 Å². The lowest BCUT2D eigenvalue weighted by Gasteiger charge is -2.00. The molecule has 0 rings (SSSR count). The second-order valence-corrected chi connectivity index (χ2v) is 2.44. The van der Waals surface area contributed by atoms with E-state index in [0.29, 0.717) is 0 Å². The standard InChI is InChI=1S/C4H6Cl2O.C4H6O2/c1-2-7-4(6)3-5;1-3-6-4(2)5/h2,4H,1,3H2;3H,1H2,2H3. The lowest BCUT2D eigenvalue weighted by Crippen LogP contribution is -1.99. The van der Waals surface area contributed by atoms with Crippen LogP contribution < -0.4 is 0 Å². The number of hydrogen-bond donors (Lipinski definition) is 0. The fourth-order valence-corrected chi connectivity index (χ4v) is 0.404. The van der Waals surface area contributed by atoms with Crippen LogP contribution in [0.4, 0.5) is 0 Å². The summed E-state index contributed by atoms with van der Waals surface area (Å²) >= 11 is 10.6. The topological polar surface area (TPSA) is 35.5 Å². The number of esters is 1. The molecule has 3 nitrogen and oxygen atoms in total. The molecule has 76 valence electrons. The van der Waals surface area contributed by atoms with Crippen LogP contribution in [0.2, 0.25) is 0 Å². The monoisotopic (exact) mass is 226 g/mol. The summed E-state index contributed by atoms with van der Waals surface area (Å²) in [7, 11) is 0. The van der Waals surface area contributed by atoms with Gasteiger partial charge in [-0.1, -0.05) is 24.8 Å². The van der Waals surface area contributed by atoms with E-state index < -0.39 is 5.56 Å². The van der Waals surface area contributed by atoms with Gasteiger partial charge in [0, 0.05) is 6.92 Å². The van der Waals surface area contributed by atoms with Gasteiger partial charge in [0.1, 0.15) is 0 Å². The maximum absolute atomic E-state index is 9.75. The first-order valence-corrected chi connectivity index (χ1v) is 4.30. The summed E-state index contributed by atoms with van der Waals surface area (Å²) in [5.74, 6) is -0.0434. The Morgan fingerprint density at radius 3 is 2.15 bits per heavy atom. The van der Waals surface area contributed by atoms with Crippen molar-refractivity contribution in [2.24, 2.45) is 0 Å². The van der Waals surface area contributed by atoms with E-state index in [0.717, 1.165) is 6.26 Å². The van der Waals surface area contributed by atoms with Crippen molar-refractivity contribution in [2.75, 3.05) is 5.88 Å². The molecule has 1 atom stereocenters. The fourth-order valence-electron chi connectivity index (χ4n) is 0.258. The molecule has 0 amide bonds. The van der Waals surface area contributed by atoms with Crippen molar-refractivity contribution in [3.05, 3.63) is 25.7 Å². The van der Waals surface area contributed by atoms with Crippen LogP contribution in [0.5, 0.6) is 0 Å². The van der Waals surface area contributed by atoms with Crippen LogP contribution in [0.3, 0.4) is 0 Å². The predicted octanol–water partition coefficient (Wildman–Crippen LogP) is 2.64. The highest BCUT2D eigenvalue weighted by molar-refractivity contribution is 6.27. The summed E-state index contributed by atoms with van der Waals surface area (Å²) in [5, 5.41) is 0. The Hall–Kier alpha value is -0.670. The average Bonchev–Trinajstić information content (AvgIpc) is 2.05. The minimum atomic E-state index is -0.431. The zero-order valence-corrected chi connectivity index (χ0v) is 8.85. The lowest BCUT2D eigenvalue weighted by atomic mass is 10.8. The number of carbonyl (C=O) groups is 1. The Kier molecular flexibility index (Phi) is 12.9. The summed E-state index contributed by atoms with van der Waals surface area (Å²) in [4.78, 5) is 9.75. The second-order valence-electron chi connectivity index (χ2n) is 1.64. The molecule has 0 aliphatic rings. The van der Waals surface area contributed by atoms with E-state index in [9.17, 15) is 4.79 Å². The van der Waals surface area contributed by atoms with Gasteiger partial charge >= 0.3 is 5.97 Å². The molecule has 0 saturated heterocycles. The van der Waals surface area contributed by atoms with E-state index in [4.69, 9.17) is 23.2 Å². The largest absolute Gasteiger partial charge is 0.482 e. The van der Waals surface area contributed by atoms with Crippen molar-refractivity contribution in [3.63, 3.8) is 0 Å². The van der Waals surface area contributed by atoms with Gasteiger partial charge in [-0.15, -0.1) is 11.6 Å². The molecule has 0 aliphatic heterocycles. The number of hydrogen-bond acceptors (Lipinski definition) is 3. The Morgan fingerprint density at radius 1 is 1.54 bits per heavy atom. The average molecular weight is 227 g/mol. The molecule has 0 aliphatic carbocycles. The van der Waals surface area contributed by atoms with Crippen LogP contribution in [0.25, 0.3) is 0 Å². The third-order valence-corrected chi connectivity index (χ3v) is 1.31. The summed E-state index contributed by atoms with van der Waals surface area (Å²) in [6.45, 7) is 7.76. The van der Waals surface area contributed by atoms with Crippen molar-refractivity contribution < 1.29 is 14.3 Å². The van der Waals surface area contributed by atoms with Crippen LogP contribution in [0.15, 0.2) is 25.7 Å². The van der Waals surface area contributed by atoms with Gasteiger partial charge in [0.15, 0.2) is 5.56 Å². The van der Waals surface area contributed by atoms with E-state index >= 15 is 0 Å². The zero-order chi connectivity index (χ0) is 10.7. The Morgan fingerprint density at radius 2 is 2.08 bits per heavy atom. The molecule has 5 heteroatoms. The highest BCUT2D eigenvalue weighted by atomic mass is 35.5. The highest BCUT2D eigenvalue weighted by Crippen LogP contribution is 1.99. The van der Waals surface area contributed by atoms with Gasteiger partial charge in [-0.2, -0.15) is 0 Å². The lowest BCUT2D eigenvalue weighted by molar-refractivity contribution is -0.135. The first kappa shape index (κ1) is 14.8. The van der Waals surface area contributed by atoms with Crippen LogP contribution in [-0.2, 0) is 14.3 Å². The molecule has 13 heavy (non-hydrogen) atoms. The third-order valence-electron chi connectivity index (χ3n) is 0.614. The van der Waals surface area contributed by atoms with Crippen LogP contribution >= 0.6 is 23.2 Å². The third kappa shape index (κ3) is 18.4. The molecule has 0 aromatic heterocycles. The van der Waals surface area contributed by atoms with Gasteiger partial charge in [-0.05, 0) is 0 Å². The maximum Gasteiger partial charge on any atom is 0.307 e. The van der Waals surface area contributed by atoms with Gasteiger partial charge in [-0.3, -0.25) is 4.79 Å². The molecule has 0 aromatic rings. The molecule has 0 heterocycles. The van der Waals surface area contributed by atoms with Crippen LogP contribution in [-0.4, -0.2) is 17.4 Å². The van der Waals surface area contributed by atoms with E-state index in [1.165, 1.54) is 13.2 Å². The fraction of sp³-hybridized carbons (Fsp3) is 0.375. The first-order valence-electron chi connectivity index (χ1n) is 3.33. The molecule has 0 spiro atoms. The number of carbonyl (C=O) groups excluding carboxylic acids is 1. The van der Waals surface area contributed by atoms with Gasteiger partial charge in [0.25, 0.3) is 0 Å². The Labute approximate surface area is 87.9 Å². The first-order chi connectivity index (χ1) is 6.08. The van der Waals surface area contributed by atoms with Crippen molar-refractivity contribution in [1.82, 2.24) is 0 Å². The molecule has 1 unspecified atom stereocenters. The van der Waals surface area contributed by atoms with Crippen molar-refractivity contribution >= 4 is 29.2 Å². The van der Waals surface area contributed by atoms with Gasteiger partial charge in [0.05, 0.1) is 18.4 Å². The summed E-state index contributed by atoms with van der Waals surface area (Å²) < 4.78 is 8.76. The predicted molar refractivity (Wildman–Crippen MR) is 53.6 cm³/mol. The van der Waals surface area contributed by atoms with E-state index in [1.807, 2.05) is 0 Å². The summed E-state index contributed by atoms with van der Waals surface area (Å²) in [6, 6.07) is 0. The van der Waals surface area contributed by atoms with Crippen LogP contribution in [0, 0.1) is 0 Å². The highest BCUT2D eigenvalue weighted by Gasteiger charge is 1.95. The van der Waals surface area contributed by atoms with Crippen molar-refractivity contribution in [3.8, 4) is 0 Å². The van der Waals surface area contributed by atoms with Gasteiger partial charge in [0.2, 0.25) is 0 Å². The molecule has 0 fully saturated rings. The molecular formula is C8H12Cl2O3. The molecule has 0 aromatic carbocycles. The van der Waals surface area contributed by atoms with Gasteiger partial charge in [-0.25, -0.2) is 0 Å². The Balaban J connectivity index is 0. The van der Waals surface area contributed by atoms with E-state index in [1.54, 1.807) is 0 Å². The van der Waals surface area contributed by atoms with Crippen molar-refractivity contribution in [2.45, 2.75) is 12.5 Å². The minimum absolute atomic E-state index is 0.285. The number of rotatable bonds is 4.